The number of halogens is 2. The minimum Gasteiger partial charge on any atom is -0.326 e. The van der Waals surface area contributed by atoms with Gasteiger partial charge in [-0.2, -0.15) is 0 Å². The Morgan fingerprint density at radius 1 is 1.19 bits per heavy atom. The predicted molar refractivity (Wildman–Crippen MR) is 88.4 cm³/mol. The molecule has 2 unspecified atom stereocenters. The molecule has 0 bridgehead atoms. The Labute approximate surface area is 133 Å². The smallest absolute Gasteiger partial charge is 0.127 e. The van der Waals surface area contributed by atoms with E-state index in [4.69, 9.17) is 5.73 Å². The third-order valence-electron chi connectivity index (χ3n) is 3.54. The molecule has 0 radical (unpaired) electrons. The number of rotatable bonds is 5. The summed E-state index contributed by atoms with van der Waals surface area (Å²) < 4.78 is 14.8. The molecule has 0 aliphatic carbocycles. The Morgan fingerprint density at radius 2 is 1.90 bits per heavy atom. The number of nitrogens with two attached hydrogens (primary N) is 1. The summed E-state index contributed by atoms with van der Waals surface area (Å²) in [6.45, 7) is 2.49. The number of hydrogen-bond donors (Lipinski definition) is 1. The maximum absolute atomic E-state index is 13.8. The fraction of sp³-hybridized carbons (Fsp3) is 0.294. The summed E-state index contributed by atoms with van der Waals surface area (Å²) >= 11 is 3.49. The minimum absolute atomic E-state index is 0.0297. The molecule has 21 heavy (non-hydrogen) atoms. The van der Waals surface area contributed by atoms with Crippen molar-refractivity contribution in [3.63, 3.8) is 0 Å². The molecule has 0 amide bonds. The van der Waals surface area contributed by atoms with Crippen LogP contribution in [0.3, 0.4) is 0 Å². The second-order valence-corrected chi connectivity index (χ2v) is 6.28. The number of benzene rings is 2. The molecule has 0 heterocycles. The first kappa shape index (κ1) is 16.1. The van der Waals surface area contributed by atoms with Gasteiger partial charge in [-0.05, 0) is 37.7 Å². The van der Waals surface area contributed by atoms with Crippen LogP contribution in [0.2, 0.25) is 0 Å². The second-order valence-electron chi connectivity index (χ2n) is 5.37. The lowest BCUT2D eigenvalue weighted by Crippen LogP contribution is -2.37. The van der Waals surface area contributed by atoms with E-state index in [2.05, 4.69) is 33.0 Å². The van der Waals surface area contributed by atoms with Crippen molar-refractivity contribution in [3.8, 4) is 0 Å². The lowest BCUT2D eigenvalue weighted by Gasteiger charge is -2.31. The lowest BCUT2D eigenvalue weighted by molar-refractivity contribution is 0.208. The molecule has 0 spiro atoms. The molecule has 2 aromatic carbocycles. The van der Waals surface area contributed by atoms with Gasteiger partial charge in [0.15, 0.2) is 0 Å². The van der Waals surface area contributed by atoms with Gasteiger partial charge in [-0.1, -0.05) is 46.3 Å². The standard InChI is InChI=1S/C17H20BrFN2/c1-12(20)17(13-7-5-8-15(18)10-13)21(2)11-14-6-3-4-9-16(14)19/h3-10,12,17H,11,20H2,1-2H3. The van der Waals surface area contributed by atoms with Crippen molar-refractivity contribution in [3.05, 3.63) is 69.9 Å². The van der Waals surface area contributed by atoms with Gasteiger partial charge < -0.3 is 5.73 Å². The van der Waals surface area contributed by atoms with Crippen molar-refractivity contribution in [2.24, 2.45) is 5.73 Å². The number of hydrogen-bond acceptors (Lipinski definition) is 2. The van der Waals surface area contributed by atoms with Crippen molar-refractivity contribution in [2.75, 3.05) is 7.05 Å². The molecule has 2 rings (SSSR count). The fourth-order valence-electron chi connectivity index (χ4n) is 2.64. The van der Waals surface area contributed by atoms with Gasteiger partial charge in [0.1, 0.15) is 5.82 Å². The Balaban J connectivity index is 2.24. The third kappa shape index (κ3) is 4.13. The largest absolute Gasteiger partial charge is 0.326 e. The maximum atomic E-state index is 13.8. The summed E-state index contributed by atoms with van der Waals surface area (Å²) in [6.07, 6.45) is 0. The lowest BCUT2D eigenvalue weighted by atomic mass is 9.99. The van der Waals surface area contributed by atoms with Gasteiger partial charge in [0.25, 0.3) is 0 Å². The van der Waals surface area contributed by atoms with Crippen molar-refractivity contribution in [2.45, 2.75) is 25.6 Å². The maximum Gasteiger partial charge on any atom is 0.127 e. The second kappa shape index (κ2) is 7.16. The molecule has 2 N–H and O–H groups in total. The van der Waals surface area contributed by atoms with E-state index < -0.39 is 0 Å². The van der Waals surface area contributed by atoms with Crippen LogP contribution in [0.1, 0.15) is 24.1 Å². The van der Waals surface area contributed by atoms with Crippen LogP contribution in [-0.2, 0) is 6.54 Å². The van der Waals surface area contributed by atoms with E-state index in [-0.39, 0.29) is 17.9 Å². The quantitative estimate of drug-likeness (QED) is 0.879. The minimum atomic E-state index is -0.179. The summed E-state index contributed by atoms with van der Waals surface area (Å²) in [5.41, 5.74) is 7.97. The first-order valence-electron chi connectivity index (χ1n) is 6.93. The number of likely N-dealkylation sites (N-methyl/N-ethyl adjacent to an activating group) is 1. The summed E-state index contributed by atoms with van der Waals surface area (Å²) in [4.78, 5) is 2.09. The van der Waals surface area contributed by atoms with E-state index in [1.165, 1.54) is 6.07 Å². The molecule has 2 atom stereocenters. The van der Waals surface area contributed by atoms with Crippen LogP contribution in [0.4, 0.5) is 4.39 Å². The zero-order valence-corrected chi connectivity index (χ0v) is 13.8. The van der Waals surface area contributed by atoms with Crippen LogP contribution in [0.25, 0.3) is 0 Å². The SMILES string of the molecule is CC(N)C(c1cccc(Br)c1)N(C)Cc1ccccc1F. The van der Waals surface area contributed by atoms with Gasteiger partial charge >= 0.3 is 0 Å². The Hall–Kier alpha value is -1.23. The van der Waals surface area contributed by atoms with Crippen molar-refractivity contribution in [1.29, 1.82) is 0 Å². The Bertz CT molecular complexity index is 601. The Kier molecular flexibility index (Phi) is 5.51. The highest BCUT2D eigenvalue weighted by molar-refractivity contribution is 9.10. The van der Waals surface area contributed by atoms with E-state index in [0.29, 0.717) is 12.1 Å². The van der Waals surface area contributed by atoms with Gasteiger partial charge in [-0.3, -0.25) is 4.90 Å². The van der Waals surface area contributed by atoms with Gasteiger partial charge in [0.05, 0.1) is 0 Å². The van der Waals surface area contributed by atoms with E-state index in [1.807, 2.05) is 38.2 Å². The van der Waals surface area contributed by atoms with Crippen LogP contribution in [0, 0.1) is 5.82 Å². The van der Waals surface area contributed by atoms with E-state index in [9.17, 15) is 4.39 Å². The van der Waals surface area contributed by atoms with Crippen molar-refractivity contribution in [1.82, 2.24) is 4.90 Å². The summed E-state index contributed by atoms with van der Waals surface area (Å²) in [7, 11) is 1.97. The average molecular weight is 351 g/mol. The average Bonchev–Trinajstić information content (AvgIpc) is 2.41. The molecule has 0 aliphatic heterocycles. The molecule has 4 heteroatoms. The summed E-state index contributed by atoms with van der Waals surface area (Å²) in [5, 5.41) is 0. The van der Waals surface area contributed by atoms with E-state index >= 15 is 0 Å². The summed E-state index contributed by atoms with van der Waals surface area (Å²) in [6, 6.07) is 14.9. The Morgan fingerprint density at radius 3 is 2.52 bits per heavy atom. The zero-order chi connectivity index (χ0) is 15.4. The molecule has 0 saturated heterocycles. The monoisotopic (exact) mass is 350 g/mol. The van der Waals surface area contributed by atoms with Gasteiger partial charge in [-0.25, -0.2) is 4.39 Å². The van der Waals surface area contributed by atoms with Gasteiger partial charge in [0, 0.05) is 28.7 Å². The van der Waals surface area contributed by atoms with E-state index in [1.54, 1.807) is 6.07 Å². The first-order valence-corrected chi connectivity index (χ1v) is 7.73. The van der Waals surface area contributed by atoms with Crippen molar-refractivity contribution < 1.29 is 4.39 Å². The normalized spacial score (nSPS) is 14.2. The van der Waals surface area contributed by atoms with Crippen LogP contribution in [0.5, 0.6) is 0 Å². The highest BCUT2D eigenvalue weighted by Gasteiger charge is 2.22. The predicted octanol–water partition coefficient (Wildman–Crippen LogP) is 4.11. The highest BCUT2D eigenvalue weighted by atomic mass is 79.9. The van der Waals surface area contributed by atoms with E-state index in [0.717, 1.165) is 10.0 Å². The molecule has 0 saturated carbocycles. The molecule has 0 aliphatic rings. The highest BCUT2D eigenvalue weighted by Crippen LogP contribution is 2.26. The number of nitrogens with zero attached hydrogens (tertiary/aromatic N) is 1. The molecule has 0 aromatic heterocycles. The molecule has 2 aromatic rings. The third-order valence-corrected chi connectivity index (χ3v) is 4.03. The molecule has 112 valence electrons. The molecular weight excluding hydrogens is 331 g/mol. The van der Waals surface area contributed by atoms with Gasteiger partial charge in [-0.15, -0.1) is 0 Å². The molecule has 2 nitrogen and oxygen atoms in total. The van der Waals surface area contributed by atoms with Crippen LogP contribution in [0.15, 0.2) is 53.0 Å². The van der Waals surface area contributed by atoms with Crippen molar-refractivity contribution >= 4 is 15.9 Å². The van der Waals surface area contributed by atoms with Crippen LogP contribution < -0.4 is 5.73 Å². The topological polar surface area (TPSA) is 29.3 Å². The summed E-state index contributed by atoms with van der Waals surface area (Å²) in [5.74, 6) is -0.179. The zero-order valence-electron chi connectivity index (χ0n) is 12.3. The van der Waals surface area contributed by atoms with Crippen LogP contribution in [-0.4, -0.2) is 18.0 Å². The molecular formula is C17H20BrFN2. The fourth-order valence-corrected chi connectivity index (χ4v) is 3.06. The first-order chi connectivity index (χ1) is 9.99. The van der Waals surface area contributed by atoms with Gasteiger partial charge in [0.2, 0.25) is 0 Å². The van der Waals surface area contributed by atoms with Crippen LogP contribution >= 0.6 is 15.9 Å². The molecule has 0 fully saturated rings.